The third kappa shape index (κ3) is 3.95. The van der Waals surface area contributed by atoms with Gasteiger partial charge in [-0.25, -0.2) is 17.4 Å². The van der Waals surface area contributed by atoms with Gasteiger partial charge in [-0.1, -0.05) is 6.92 Å². The van der Waals surface area contributed by atoms with E-state index in [2.05, 4.69) is 4.98 Å². The molecule has 0 bridgehead atoms. The molecule has 1 aromatic heterocycles. The van der Waals surface area contributed by atoms with Crippen molar-refractivity contribution in [2.24, 2.45) is 7.05 Å². The van der Waals surface area contributed by atoms with Crippen molar-refractivity contribution in [2.75, 3.05) is 0 Å². The molecule has 0 saturated heterocycles. The van der Waals surface area contributed by atoms with Gasteiger partial charge in [-0.3, -0.25) is 4.98 Å². The fourth-order valence-electron chi connectivity index (χ4n) is 0.883. The van der Waals surface area contributed by atoms with Gasteiger partial charge in [0.05, 0.1) is 7.05 Å². The molecule has 0 aromatic carbocycles. The van der Waals surface area contributed by atoms with Gasteiger partial charge in [-0.15, -0.1) is 0 Å². The number of alkyl halides is 4. The van der Waals surface area contributed by atoms with Crippen LogP contribution >= 0.6 is 0 Å². The minimum Gasteiger partial charge on any atom is -0.745 e. The predicted octanol–water partition coefficient (Wildman–Crippen LogP) is 1.01. The van der Waals surface area contributed by atoms with Gasteiger partial charge >= 0.3 is 6.18 Å². The second kappa shape index (κ2) is 5.65. The van der Waals surface area contributed by atoms with Crippen LogP contribution in [0.15, 0.2) is 18.7 Å². The predicted molar refractivity (Wildman–Crippen MR) is 51.9 cm³/mol. The summed E-state index contributed by atoms with van der Waals surface area (Å²) in [6.45, 7) is 0.628. The lowest BCUT2D eigenvalue weighted by Gasteiger charge is -2.28. The molecule has 0 radical (unpaired) electrons. The Bertz CT molecular complexity index is 457. The summed E-state index contributed by atoms with van der Waals surface area (Å²) >= 11 is 0. The molecule has 0 aliphatic carbocycles. The molecule has 1 aromatic rings. The van der Waals surface area contributed by atoms with E-state index in [-0.39, 0.29) is 0 Å². The number of aromatic nitrogens is 2. The summed E-state index contributed by atoms with van der Waals surface area (Å²) < 4.78 is 79.0. The zero-order valence-corrected chi connectivity index (χ0v) is 10.3. The molecule has 106 valence electrons. The Morgan fingerprint density at radius 1 is 1.33 bits per heavy atom. The van der Waals surface area contributed by atoms with Gasteiger partial charge in [0, 0.05) is 6.42 Å². The maximum absolute atomic E-state index is 12.5. The van der Waals surface area contributed by atoms with Crippen molar-refractivity contribution < 1.29 is 35.1 Å². The molecule has 0 aliphatic heterocycles. The van der Waals surface area contributed by atoms with Crippen LogP contribution in [-0.2, 0) is 17.2 Å². The first-order valence-corrected chi connectivity index (χ1v) is 6.05. The number of aryl methyl sites for hydroxylation is 1. The summed E-state index contributed by atoms with van der Waals surface area (Å²) in [7, 11) is -4.05. The molecule has 1 heterocycles. The Morgan fingerprint density at radius 3 is 1.89 bits per heavy atom. The number of nitrogens with zero attached hydrogens (tertiary/aromatic N) is 1. The van der Waals surface area contributed by atoms with E-state index in [1.807, 2.05) is 30.3 Å². The minimum atomic E-state index is -6.01. The molecule has 0 aliphatic rings. The number of aromatic amines is 1. The first kappa shape index (κ1) is 16.8. The van der Waals surface area contributed by atoms with Crippen LogP contribution in [0.3, 0.4) is 0 Å². The van der Waals surface area contributed by atoms with Gasteiger partial charge in [0.1, 0.15) is 22.5 Å². The molecular weight excluding hydrogens is 280 g/mol. The Kier molecular flexibility index (Phi) is 5.29. The largest absolute Gasteiger partial charge is 0.745 e. The Morgan fingerprint density at radius 2 is 1.83 bits per heavy atom. The molecular formula is C8H12F4N2O3S. The average Bonchev–Trinajstić information content (AvgIpc) is 2.65. The van der Waals surface area contributed by atoms with E-state index < -0.39 is 27.7 Å². The maximum Gasteiger partial charge on any atom is 0.436 e. The highest BCUT2D eigenvalue weighted by molar-refractivity contribution is 7.87. The lowest BCUT2D eigenvalue weighted by atomic mass is 10.3. The van der Waals surface area contributed by atoms with Crippen LogP contribution in [0, 0.1) is 0 Å². The zero-order chi connectivity index (χ0) is 14.6. The molecule has 0 saturated carbocycles. The minimum absolute atomic E-state index is 0.628. The van der Waals surface area contributed by atoms with Crippen LogP contribution in [0.1, 0.15) is 13.3 Å². The van der Waals surface area contributed by atoms with Crippen LogP contribution in [0.25, 0.3) is 0 Å². The Hall–Kier alpha value is -1.16. The van der Waals surface area contributed by atoms with Gasteiger partial charge in [-0.2, -0.15) is 13.2 Å². The van der Waals surface area contributed by atoms with E-state index >= 15 is 0 Å². The molecule has 10 heteroatoms. The normalized spacial score (nSPS) is 15.5. The highest BCUT2D eigenvalue weighted by atomic mass is 32.2. The standard InChI is InChI=1S/C4H6F4O3S.C4H6N2/c1-2-3(5,4(6,7)8)12(9,10)11;1-6-3-2-5-4-6/h2H2,1H3,(H,9,10,11);2-4H,1H3. The number of imidazole rings is 1. The van der Waals surface area contributed by atoms with Crippen molar-refractivity contribution in [3.8, 4) is 0 Å². The van der Waals surface area contributed by atoms with Crippen molar-refractivity contribution in [3.63, 3.8) is 0 Å². The van der Waals surface area contributed by atoms with Crippen LogP contribution < -0.4 is 4.57 Å². The third-order valence-corrected chi connectivity index (χ3v) is 3.27. The molecule has 1 N–H and O–H groups in total. The molecule has 1 atom stereocenters. The van der Waals surface area contributed by atoms with Crippen LogP contribution in [-0.4, -0.2) is 29.1 Å². The van der Waals surface area contributed by atoms with Crippen LogP contribution in [0.5, 0.6) is 0 Å². The Labute approximate surface area is 101 Å². The van der Waals surface area contributed by atoms with E-state index in [1.165, 1.54) is 0 Å². The molecule has 0 spiro atoms. The summed E-state index contributed by atoms with van der Waals surface area (Å²) in [5.41, 5.74) is 0. The van der Waals surface area contributed by atoms with E-state index in [1.54, 1.807) is 0 Å². The molecule has 5 nitrogen and oxygen atoms in total. The first-order chi connectivity index (χ1) is 7.95. The second-order valence-corrected chi connectivity index (χ2v) is 4.87. The van der Waals surface area contributed by atoms with E-state index in [9.17, 15) is 30.5 Å². The number of hydrogen-bond donors (Lipinski definition) is 1. The second-order valence-electron chi connectivity index (χ2n) is 3.31. The summed E-state index contributed by atoms with van der Waals surface area (Å²) in [5.74, 6) is 0. The number of H-pyrrole nitrogens is 1. The topological polar surface area (TPSA) is 76.9 Å². The SMILES string of the molecule is CCC(F)(C(F)(F)F)S(=O)(=O)[O-].C[n+]1cc[nH]c1. The highest BCUT2D eigenvalue weighted by Gasteiger charge is 2.60. The van der Waals surface area contributed by atoms with E-state index in [4.69, 9.17) is 0 Å². The lowest BCUT2D eigenvalue weighted by Crippen LogP contribution is -2.47. The number of halogens is 4. The summed E-state index contributed by atoms with van der Waals surface area (Å²) in [6, 6.07) is 0. The van der Waals surface area contributed by atoms with Crippen LogP contribution in [0.2, 0.25) is 0 Å². The van der Waals surface area contributed by atoms with Crippen molar-refractivity contribution in [1.29, 1.82) is 0 Å². The van der Waals surface area contributed by atoms with Gasteiger partial charge < -0.3 is 4.55 Å². The monoisotopic (exact) mass is 292 g/mol. The summed E-state index contributed by atoms with van der Waals surface area (Å²) in [5, 5.41) is -4.67. The van der Waals surface area contributed by atoms with Gasteiger partial charge in [0.2, 0.25) is 6.33 Å². The van der Waals surface area contributed by atoms with Crippen molar-refractivity contribution in [3.05, 3.63) is 18.7 Å². The quantitative estimate of drug-likeness (QED) is 0.502. The van der Waals surface area contributed by atoms with E-state index in [0.29, 0.717) is 6.92 Å². The number of nitrogens with one attached hydrogen (secondary N) is 1. The third-order valence-electron chi connectivity index (χ3n) is 1.96. The molecule has 0 fully saturated rings. The average molecular weight is 292 g/mol. The highest BCUT2D eigenvalue weighted by Crippen LogP contribution is 2.40. The van der Waals surface area contributed by atoms with Crippen molar-refractivity contribution >= 4 is 10.1 Å². The smallest absolute Gasteiger partial charge is 0.436 e. The number of hydrogen-bond acceptors (Lipinski definition) is 3. The maximum atomic E-state index is 12.5. The molecule has 0 amide bonds. The Balaban J connectivity index is 0.000000397. The lowest BCUT2D eigenvalue weighted by molar-refractivity contribution is -0.670. The molecule has 18 heavy (non-hydrogen) atoms. The summed E-state index contributed by atoms with van der Waals surface area (Å²) in [4.78, 5) is 2.89. The van der Waals surface area contributed by atoms with Gasteiger partial charge in [0.15, 0.2) is 0 Å². The summed E-state index contributed by atoms with van der Waals surface area (Å²) in [6.07, 6.45) is -1.43. The van der Waals surface area contributed by atoms with Gasteiger partial charge in [0.25, 0.3) is 5.00 Å². The first-order valence-electron chi connectivity index (χ1n) is 4.65. The fraction of sp³-hybridized carbons (Fsp3) is 0.625. The van der Waals surface area contributed by atoms with E-state index in [0.717, 1.165) is 0 Å². The van der Waals surface area contributed by atoms with Crippen molar-refractivity contribution in [1.82, 2.24) is 4.98 Å². The number of rotatable bonds is 2. The van der Waals surface area contributed by atoms with Crippen LogP contribution in [0.4, 0.5) is 17.6 Å². The molecule has 1 unspecified atom stereocenters. The fourth-order valence-corrected chi connectivity index (χ4v) is 1.52. The molecule has 1 rings (SSSR count). The van der Waals surface area contributed by atoms with Gasteiger partial charge in [-0.05, 0) is 0 Å². The zero-order valence-electron chi connectivity index (χ0n) is 9.53. The van der Waals surface area contributed by atoms with Crippen molar-refractivity contribution in [2.45, 2.75) is 24.5 Å².